The number of aromatic nitrogens is 4. The van der Waals surface area contributed by atoms with E-state index in [1.807, 2.05) is 30.3 Å². The molecule has 2 aromatic carbocycles. The molecule has 0 fully saturated rings. The topological polar surface area (TPSA) is 100 Å². The van der Waals surface area contributed by atoms with Crippen LogP contribution in [0.4, 0.5) is 0 Å². The van der Waals surface area contributed by atoms with E-state index in [4.69, 9.17) is 9.15 Å². The van der Waals surface area contributed by atoms with Crippen LogP contribution >= 0.6 is 0 Å². The Balaban J connectivity index is 1.34. The zero-order valence-corrected chi connectivity index (χ0v) is 16.8. The lowest BCUT2D eigenvalue weighted by molar-refractivity contribution is 0.0439. The molecule has 0 atom stereocenters. The maximum atomic E-state index is 12.8. The number of rotatable bonds is 4. The fourth-order valence-corrected chi connectivity index (χ4v) is 3.77. The Morgan fingerprint density at radius 2 is 1.94 bits per heavy atom. The number of hydrogen-bond acceptors (Lipinski definition) is 7. The van der Waals surface area contributed by atoms with E-state index in [1.165, 1.54) is 0 Å². The molecule has 1 aliphatic rings. The van der Waals surface area contributed by atoms with Crippen LogP contribution in [0.25, 0.3) is 22.4 Å². The van der Waals surface area contributed by atoms with Crippen molar-refractivity contribution in [1.82, 2.24) is 19.7 Å². The van der Waals surface area contributed by atoms with E-state index in [0.717, 1.165) is 37.1 Å². The van der Waals surface area contributed by atoms with Crippen LogP contribution in [0.2, 0.25) is 0 Å². The maximum absolute atomic E-state index is 12.8. The number of fused-ring (bicyclic) bond motifs is 2. The first-order chi connectivity index (χ1) is 15.2. The van der Waals surface area contributed by atoms with Gasteiger partial charge in [0.05, 0.1) is 16.5 Å². The van der Waals surface area contributed by atoms with Crippen molar-refractivity contribution >= 4 is 16.9 Å². The predicted molar refractivity (Wildman–Crippen MR) is 112 cm³/mol. The van der Waals surface area contributed by atoms with E-state index in [-0.39, 0.29) is 18.1 Å². The zero-order valence-electron chi connectivity index (χ0n) is 16.8. The molecule has 0 spiro atoms. The van der Waals surface area contributed by atoms with Gasteiger partial charge in [0.15, 0.2) is 6.61 Å². The van der Waals surface area contributed by atoms with Gasteiger partial charge >= 0.3 is 5.97 Å². The van der Waals surface area contributed by atoms with Crippen molar-refractivity contribution in [2.75, 3.05) is 0 Å². The van der Waals surface area contributed by atoms with Gasteiger partial charge in [-0.2, -0.15) is 0 Å². The number of carbonyl (C=O) groups is 1. The Kier molecular flexibility index (Phi) is 5.03. The average Bonchev–Trinajstić information content (AvgIpc) is 3.15. The van der Waals surface area contributed by atoms with E-state index < -0.39 is 5.97 Å². The molecule has 31 heavy (non-hydrogen) atoms. The van der Waals surface area contributed by atoms with Gasteiger partial charge in [-0.05, 0) is 43.2 Å². The molecule has 3 heterocycles. The highest BCUT2D eigenvalue weighted by Gasteiger charge is 2.17. The van der Waals surface area contributed by atoms with Gasteiger partial charge < -0.3 is 9.15 Å². The monoisotopic (exact) mass is 416 g/mol. The van der Waals surface area contributed by atoms with Crippen molar-refractivity contribution in [3.8, 4) is 11.5 Å². The van der Waals surface area contributed by atoms with Gasteiger partial charge in [0, 0.05) is 18.5 Å². The predicted octanol–water partition coefficient (Wildman–Crippen LogP) is 3.53. The molecule has 0 N–H and O–H groups in total. The highest BCUT2D eigenvalue weighted by Crippen LogP contribution is 2.19. The SMILES string of the molecule is O=C(OCc1nnc(-c2ccccc2)o1)c1ccc2c(=O)n3c(nc2c1)CCCCC3. The molecule has 0 saturated heterocycles. The summed E-state index contributed by atoms with van der Waals surface area (Å²) in [6, 6.07) is 14.2. The van der Waals surface area contributed by atoms with Gasteiger partial charge in [-0.3, -0.25) is 9.36 Å². The summed E-state index contributed by atoms with van der Waals surface area (Å²) in [5.74, 6) is 0.801. The highest BCUT2D eigenvalue weighted by molar-refractivity contribution is 5.94. The lowest BCUT2D eigenvalue weighted by Gasteiger charge is -2.10. The van der Waals surface area contributed by atoms with Crippen molar-refractivity contribution in [1.29, 1.82) is 0 Å². The zero-order chi connectivity index (χ0) is 21.2. The third-order valence-corrected chi connectivity index (χ3v) is 5.37. The van der Waals surface area contributed by atoms with Crippen LogP contribution in [0.1, 0.15) is 41.3 Å². The van der Waals surface area contributed by atoms with Crippen LogP contribution in [0.3, 0.4) is 0 Å². The normalized spacial score (nSPS) is 13.5. The summed E-state index contributed by atoms with van der Waals surface area (Å²) in [5.41, 5.74) is 1.57. The minimum absolute atomic E-state index is 0.0545. The number of ether oxygens (including phenoxy) is 1. The van der Waals surface area contributed by atoms with Crippen molar-refractivity contribution in [3.63, 3.8) is 0 Å². The largest absolute Gasteiger partial charge is 0.452 e. The van der Waals surface area contributed by atoms with Crippen LogP contribution in [0.5, 0.6) is 0 Å². The second kappa shape index (κ2) is 8.14. The third kappa shape index (κ3) is 3.84. The third-order valence-electron chi connectivity index (χ3n) is 5.37. The van der Waals surface area contributed by atoms with Crippen molar-refractivity contribution in [2.24, 2.45) is 0 Å². The van der Waals surface area contributed by atoms with E-state index >= 15 is 0 Å². The molecule has 8 nitrogen and oxygen atoms in total. The van der Waals surface area contributed by atoms with Crippen LogP contribution in [-0.2, 0) is 24.3 Å². The average molecular weight is 416 g/mol. The van der Waals surface area contributed by atoms with Gasteiger partial charge in [-0.15, -0.1) is 10.2 Å². The number of esters is 1. The Hall–Kier alpha value is -3.81. The van der Waals surface area contributed by atoms with Gasteiger partial charge in [-0.25, -0.2) is 9.78 Å². The van der Waals surface area contributed by atoms with Crippen molar-refractivity contribution in [2.45, 2.75) is 38.8 Å². The summed E-state index contributed by atoms with van der Waals surface area (Å²) in [5, 5.41) is 8.41. The molecule has 2 aromatic heterocycles. The van der Waals surface area contributed by atoms with Crippen molar-refractivity contribution < 1.29 is 13.9 Å². The number of benzene rings is 2. The van der Waals surface area contributed by atoms with Crippen LogP contribution in [0, 0.1) is 0 Å². The minimum atomic E-state index is -0.543. The first kappa shape index (κ1) is 19.2. The summed E-state index contributed by atoms with van der Waals surface area (Å²) in [6.45, 7) is 0.549. The minimum Gasteiger partial charge on any atom is -0.452 e. The van der Waals surface area contributed by atoms with E-state index in [9.17, 15) is 9.59 Å². The summed E-state index contributed by atoms with van der Waals surface area (Å²) < 4.78 is 12.6. The molecule has 8 heteroatoms. The number of carbonyl (C=O) groups excluding carboxylic acids is 1. The van der Waals surface area contributed by atoms with Gasteiger partial charge in [-0.1, -0.05) is 24.6 Å². The summed E-state index contributed by atoms with van der Waals surface area (Å²) in [7, 11) is 0. The fourth-order valence-electron chi connectivity index (χ4n) is 3.77. The Morgan fingerprint density at radius 3 is 2.81 bits per heavy atom. The molecule has 0 aliphatic carbocycles. The summed E-state index contributed by atoms with van der Waals surface area (Å²) in [4.78, 5) is 30.0. The van der Waals surface area contributed by atoms with Crippen molar-refractivity contribution in [3.05, 3.63) is 76.2 Å². The van der Waals surface area contributed by atoms with Crippen LogP contribution in [0.15, 0.2) is 57.7 Å². The lowest BCUT2D eigenvalue weighted by atomic mass is 10.1. The molecule has 1 aliphatic heterocycles. The quantitative estimate of drug-likeness (QED) is 0.469. The van der Waals surface area contributed by atoms with E-state index in [0.29, 0.717) is 28.9 Å². The highest BCUT2D eigenvalue weighted by atomic mass is 16.5. The number of nitrogens with zero attached hydrogens (tertiary/aromatic N) is 4. The maximum Gasteiger partial charge on any atom is 0.338 e. The first-order valence-corrected chi connectivity index (χ1v) is 10.3. The molecule has 0 bridgehead atoms. The lowest BCUT2D eigenvalue weighted by Crippen LogP contribution is -2.24. The van der Waals surface area contributed by atoms with Gasteiger partial charge in [0.25, 0.3) is 11.4 Å². The van der Waals surface area contributed by atoms with E-state index in [1.54, 1.807) is 22.8 Å². The van der Waals surface area contributed by atoms with Crippen LogP contribution < -0.4 is 5.56 Å². The molecular formula is C23H20N4O4. The Morgan fingerprint density at radius 1 is 1.06 bits per heavy atom. The first-order valence-electron chi connectivity index (χ1n) is 10.3. The second-order valence-electron chi connectivity index (χ2n) is 7.47. The molecular weight excluding hydrogens is 396 g/mol. The molecule has 156 valence electrons. The molecule has 0 saturated carbocycles. The Bertz CT molecular complexity index is 1310. The molecule has 4 aromatic rings. The van der Waals surface area contributed by atoms with E-state index in [2.05, 4.69) is 15.2 Å². The summed E-state index contributed by atoms with van der Waals surface area (Å²) >= 11 is 0. The standard InChI is InChI=1S/C23H20N4O4/c28-22-17-11-10-16(13-18(17)24-19-9-5-2-6-12-27(19)22)23(29)30-14-20-25-26-21(31-20)15-7-3-1-4-8-15/h1,3-4,7-8,10-11,13H,2,5-6,9,12,14H2. The second-order valence-corrected chi connectivity index (χ2v) is 7.47. The molecule has 0 radical (unpaired) electrons. The molecule has 0 amide bonds. The molecule has 0 unspecified atom stereocenters. The Labute approximate surface area is 177 Å². The fraction of sp³-hybridized carbons (Fsp3) is 0.261. The molecule has 5 rings (SSSR count). The van der Waals surface area contributed by atoms with Crippen LogP contribution in [-0.4, -0.2) is 25.7 Å². The summed E-state index contributed by atoms with van der Waals surface area (Å²) in [6.07, 6.45) is 3.83. The smallest absolute Gasteiger partial charge is 0.338 e. The number of aryl methyl sites for hydroxylation is 1. The number of hydrogen-bond donors (Lipinski definition) is 0. The van der Waals surface area contributed by atoms with Gasteiger partial charge in [0.2, 0.25) is 5.89 Å². The van der Waals surface area contributed by atoms with Gasteiger partial charge in [0.1, 0.15) is 5.82 Å².